The van der Waals surface area contributed by atoms with E-state index in [1.54, 1.807) is 0 Å². The van der Waals surface area contributed by atoms with Gasteiger partial charge in [-0.15, -0.1) is 0 Å². The van der Waals surface area contributed by atoms with E-state index in [0.717, 1.165) is 0 Å². The van der Waals surface area contributed by atoms with Crippen LogP contribution >= 0.6 is 23.5 Å². The van der Waals surface area contributed by atoms with Crippen molar-refractivity contribution in [2.45, 2.75) is 31.3 Å². The highest BCUT2D eigenvalue weighted by atomic mass is 31.3. The van der Waals surface area contributed by atoms with Crippen LogP contribution in [0.5, 0.6) is 0 Å². The number of hydrogen-bond donors (Lipinski definition) is 2. The molecule has 7 atom stereocenters. The number of rotatable bonds is 8. The Balaban J connectivity index is 0.00000529. The van der Waals surface area contributed by atoms with E-state index >= 15 is 0 Å². The summed E-state index contributed by atoms with van der Waals surface area (Å²) in [7, 11) is -16.1. The van der Waals surface area contributed by atoms with Gasteiger partial charge in [-0.25, -0.2) is 8.62 Å². The third-order valence-corrected chi connectivity index (χ3v) is 6.34. The van der Waals surface area contributed by atoms with E-state index in [1.165, 1.54) is 14.0 Å². The number of methoxy groups -OCH3 is 1. The van der Waals surface area contributed by atoms with Crippen LogP contribution in [0.1, 0.15) is 6.92 Å². The SMILES string of the molecule is CO[C@@H]1C(O)[C@H](C)O[C@@H]1COP(=O)([O-])OP(=O)([O-])OP(=O)([O-])O.[B]. The summed E-state index contributed by atoms with van der Waals surface area (Å²) in [5.74, 6) is 0. The van der Waals surface area contributed by atoms with E-state index in [0.29, 0.717) is 0 Å². The number of phosphoric acid groups is 3. The van der Waals surface area contributed by atoms with Gasteiger partial charge in [0.15, 0.2) is 0 Å². The van der Waals surface area contributed by atoms with Crippen molar-refractivity contribution < 1.29 is 61.0 Å². The molecule has 0 aromatic carbocycles. The van der Waals surface area contributed by atoms with Crippen molar-refractivity contribution in [3.63, 3.8) is 0 Å². The number of aliphatic hydroxyl groups excluding tert-OH is 1. The van der Waals surface area contributed by atoms with Crippen molar-refractivity contribution in [1.82, 2.24) is 0 Å². The van der Waals surface area contributed by atoms with Gasteiger partial charge in [0.1, 0.15) is 18.3 Å². The van der Waals surface area contributed by atoms with Gasteiger partial charge < -0.3 is 38.7 Å². The maximum Gasteiger partial charge on any atom is 0.280 e. The molecule has 2 N–H and O–H groups in total. The minimum Gasteiger partial charge on any atom is -0.756 e. The minimum atomic E-state index is -5.94. The predicted molar refractivity (Wildman–Crippen MR) is 70.1 cm³/mol. The van der Waals surface area contributed by atoms with Crippen molar-refractivity contribution in [2.24, 2.45) is 0 Å². The van der Waals surface area contributed by atoms with Gasteiger partial charge in [-0.1, -0.05) is 0 Å². The fourth-order valence-corrected chi connectivity index (χ4v) is 4.69. The van der Waals surface area contributed by atoms with E-state index in [9.17, 15) is 33.5 Å². The smallest absolute Gasteiger partial charge is 0.280 e. The van der Waals surface area contributed by atoms with E-state index in [2.05, 4.69) is 13.1 Å². The van der Waals surface area contributed by atoms with E-state index < -0.39 is 54.5 Å². The highest BCUT2D eigenvalue weighted by Crippen LogP contribution is 2.61. The van der Waals surface area contributed by atoms with Gasteiger partial charge in [0.05, 0.1) is 12.7 Å². The van der Waals surface area contributed by atoms with Crippen molar-refractivity contribution in [3.8, 4) is 0 Å². The lowest BCUT2D eigenvalue weighted by Gasteiger charge is -2.33. The monoisotopic (exact) mass is 410 g/mol. The summed E-state index contributed by atoms with van der Waals surface area (Å²) in [4.78, 5) is 40.8. The number of ether oxygens (including phenoxy) is 2. The van der Waals surface area contributed by atoms with Crippen molar-refractivity contribution in [3.05, 3.63) is 0 Å². The summed E-state index contributed by atoms with van der Waals surface area (Å²) in [5.41, 5.74) is 0. The second-order valence-electron chi connectivity index (χ2n) is 4.39. The lowest BCUT2D eigenvalue weighted by atomic mass is 10.1. The first-order chi connectivity index (χ1) is 10.3. The van der Waals surface area contributed by atoms with Gasteiger partial charge in [-0.3, -0.25) is 13.7 Å². The molecule has 0 spiro atoms. The average Bonchev–Trinajstić information content (AvgIpc) is 2.57. The summed E-state index contributed by atoms with van der Waals surface area (Å²) in [6.07, 6.45) is -3.78. The molecule has 3 radical (unpaired) electrons. The molecule has 1 heterocycles. The zero-order valence-electron chi connectivity index (χ0n) is 12.3. The first kappa shape index (κ1) is 24.4. The minimum absolute atomic E-state index is 0. The van der Waals surface area contributed by atoms with Crippen molar-refractivity contribution in [1.29, 1.82) is 0 Å². The molecule has 13 nitrogen and oxygen atoms in total. The fourth-order valence-electron chi connectivity index (χ4n) is 1.80. The highest BCUT2D eigenvalue weighted by Gasteiger charge is 2.42. The third kappa shape index (κ3) is 7.71. The Hall–Kier alpha value is 0.355. The Morgan fingerprint density at radius 3 is 2.12 bits per heavy atom. The molecule has 1 aliphatic heterocycles. The molecule has 1 rings (SSSR count). The number of hydrogen-bond acceptors (Lipinski definition) is 12. The number of phosphoric ester groups is 1. The highest BCUT2D eigenvalue weighted by molar-refractivity contribution is 7.65. The summed E-state index contributed by atoms with van der Waals surface area (Å²) in [5, 5.41) is 9.68. The Morgan fingerprint density at radius 1 is 1.12 bits per heavy atom. The Kier molecular flexibility index (Phi) is 8.96. The molecule has 0 bridgehead atoms. The van der Waals surface area contributed by atoms with Crippen molar-refractivity contribution in [2.75, 3.05) is 13.7 Å². The molecule has 0 saturated carbocycles. The lowest BCUT2D eigenvalue weighted by Crippen LogP contribution is -2.36. The Labute approximate surface area is 138 Å². The van der Waals surface area contributed by atoms with Gasteiger partial charge >= 0.3 is 0 Å². The maximum absolute atomic E-state index is 11.3. The molecule has 0 aromatic rings. The molecule has 141 valence electrons. The second kappa shape index (κ2) is 8.83. The predicted octanol–water partition coefficient (Wildman–Crippen LogP) is -2.78. The molecule has 24 heavy (non-hydrogen) atoms. The van der Waals surface area contributed by atoms with E-state index in [4.69, 9.17) is 14.4 Å². The first-order valence-corrected chi connectivity index (χ1v) is 10.3. The molecule has 17 heteroatoms. The largest absolute Gasteiger partial charge is 0.756 e. The van der Waals surface area contributed by atoms with Crippen LogP contribution in [0.2, 0.25) is 0 Å². The van der Waals surface area contributed by atoms with Crippen LogP contribution in [0.4, 0.5) is 0 Å². The first-order valence-electron chi connectivity index (χ1n) is 5.86. The third-order valence-electron chi connectivity index (χ3n) is 2.65. The molecule has 1 fully saturated rings. The van der Waals surface area contributed by atoms with Crippen LogP contribution in [0, 0.1) is 0 Å². The zero-order chi connectivity index (χ0) is 18.1. The Bertz CT molecular complexity index is 550. The summed E-state index contributed by atoms with van der Waals surface area (Å²) < 4.78 is 53.4. The maximum atomic E-state index is 11.3. The molecular formula is C7H14BO13P3-3. The van der Waals surface area contributed by atoms with Gasteiger partial charge in [0, 0.05) is 15.5 Å². The van der Waals surface area contributed by atoms with Crippen LogP contribution < -0.4 is 14.7 Å². The lowest BCUT2D eigenvalue weighted by molar-refractivity contribution is -0.250. The van der Waals surface area contributed by atoms with Gasteiger partial charge in [-0.05, 0) is 6.92 Å². The zero-order valence-corrected chi connectivity index (χ0v) is 15.0. The number of aliphatic hydroxyl groups is 1. The molecule has 1 saturated heterocycles. The molecule has 0 aromatic heterocycles. The van der Waals surface area contributed by atoms with Crippen LogP contribution in [-0.4, -0.2) is 56.5 Å². The Morgan fingerprint density at radius 2 is 1.67 bits per heavy atom. The average molecular weight is 410 g/mol. The standard InChI is InChI=1S/C7H17O13P3.B/c1-4-6(8)7(16-2)5(18-4)3-17-22(12,13)20-23(14,15)19-21(9,10)11;/h4-8H,3H2,1-2H3,(H,12,13)(H,14,15)(H2,9,10,11);/p-3/t4-,5+,6?,7-;/m0./s1. The normalized spacial score (nSPS) is 34.6. The van der Waals surface area contributed by atoms with Crippen LogP contribution in [0.3, 0.4) is 0 Å². The molecule has 4 unspecified atom stereocenters. The molecular weight excluding hydrogens is 396 g/mol. The van der Waals surface area contributed by atoms with Gasteiger partial charge in [0.25, 0.3) is 23.5 Å². The van der Waals surface area contributed by atoms with Gasteiger partial charge in [0.2, 0.25) is 0 Å². The van der Waals surface area contributed by atoms with Crippen LogP contribution in [0.15, 0.2) is 0 Å². The summed E-state index contributed by atoms with van der Waals surface area (Å²) in [6.45, 7) is 0.700. The van der Waals surface area contributed by atoms with Crippen LogP contribution in [0.25, 0.3) is 0 Å². The second-order valence-corrected chi connectivity index (χ2v) is 8.68. The quantitative estimate of drug-likeness (QED) is 0.307. The van der Waals surface area contributed by atoms with E-state index in [1.807, 2.05) is 0 Å². The molecule has 1 aliphatic rings. The van der Waals surface area contributed by atoms with Crippen molar-refractivity contribution >= 4 is 31.9 Å². The van der Waals surface area contributed by atoms with E-state index in [-0.39, 0.29) is 8.41 Å². The van der Waals surface area contributed by atoms with Gasteiger partial charge in [-0.2, -0.15) is 0 Å². The topological polar surface area (TPSA) is 207 Å². The fraction of sp³-hybridized carbons (Fsp3) is 1.00. The van der Waals surface area contributed by atoms with Crippen LogP contribution in [-0.2, 0) is 36.3 Å². The summed E-state index contributed by atoms with van der Waals surface area (Å²) >= 11 is 0. The molecule has 0 aliphatic carbocycles. The summed E-state index contributed by atoms with van der Waals surface area (Å²) in [6, 6.07) is 0. The molecule has 0 amide bonds.